The molecule has 0 aliphatic carbocycles. The van der Waals surface area contributed by atoms with E-state index in [2.05, 4.69) is 5.32 Å². The highest BCUT2D eigenvalue weighted by Crippen LogP contribution is 2.13. The predicted molar refractivity (Wildman–Crippen MR) is 91.3 cm³/mol. The number of benzene rings is 1. The molecule has 134 valence electrons. The normalized spacial score (nSPS) is 11.8. The van der Waals surface area contributed by atoms with Crippen LogP contribution in [0.2, 0.25) is 0 Å². The van der Waals surface area contributed by atoms with Crippen molar-refractivity contribution in [1.29, 1.82) is 0 Å². The van der Waals surface area contributed by atoms with Crippen LogP contribution in [0.5, 0.6) is 0 Å². The van der Waals surface area contributed by atoms with Crippen LogP contribution in [0.1, 0.15) is 39.2 Å². The van der Waals surface area contributed by atoms with Crippen LogP contribution in [0, 0.1) is 6.92 Å². The zero-order valence-corrected chi connectivity index (χ0v) is 15.4. The fourth-order valence-electron chi connectivity index (χ4n) is 1.80. The summed E-state index contributed by atoms with van der Waals surface area (Å²) in [4.78, 5) is 23.5. The molecule has 0 aromatic heterocycles. The van der Waals surface area contributed by atoms with Gasteiger partial charge in [-0.15, -0.1) is 0 Å². The van der Waals surface area contributed by atoms with Crippen LogP contribution >= 0.6 is 0 Å². The van der Waals surface area contributed by atoms with E-state index >= 15 is 0 Å². The molecule has 6 nitrogen and oxygen atoms in total. The maximum atomic E-state index is 12.1. The maximum Gasteiger partial charge on any atom is 0.307 e. The summed E-state index contributed by atoms with van der Waals surface area (Å²) in [6.45, 7) is 7.11. The number of esters is 1. The SMILES string of the molecule is CCC(C)(C)NC(=O)COC(=O)CCS(=O)(=O)c1ccc(C)cc1. The second-order valence-corrected chi connectivity index (χ2v) is 8.44. The minimum Gasteiger partial charge on any atom is -0.456 e. The van der Waals surface area contributed by atoms with Crippen molar-refractivity contribution in [3.8, 4) is 0 Å². The molecule has 0 radical (unpaired) electrons. The van der Waals surface area contributed by atoms with E-state index in [9.17, 15) is 18.0 Å². The third-order valence-corrected chi connectivity index (χ3v) is 5.41. The first-order valence-electron chi connectivity index (χ1n) is 7.82. The summed E-state index contributed by atoms with van der Waals surface area (Å²) in [5.41, 5.74) is 0.576. The van der Waals surface area contributed by atoms with Crippen LogP contribution in [0.25, 0.3) is 0 Å². The molecule has 0 saturated heterocycles. The lowest BCUT2D eigenvalue weighted by Gasteiger charge is -2.24. The van der Waals surface area contributed by atoms with Gasteiger partial charge in [0.15, 0.2) is 16.4 Å². The Morgan fingerprint density at radius 2 is 1.75 bits per heavy atom. The molecule has 0 aliphatic rings. The van der Waals surface area contributed by atoms with Crippen molar-refractivity contribution in [2.75, 3.05) is 12.4 Å². The van der Waals surface area contributed by atoms with Crippen LogP contribution in [0.3, 0.4) is 0 Å². The van der Waals surface area contributed by atoms with Crippen molar-refractivity contribution in [2.45, 2.75) is 51.0 Å². The van der Waals surface area contributed by atoms with Crippen molar-refractivity contribution in [3.05, 3.63) is 29.8 Å². The van der Waals surface area contributed by atoms with Crippen molar-refractivity contribution in [2.24, 2.45) is 0 Å². The highest BCUT2D eigenvalue weighted by Gasteiger charge is 2.20. The molecule has 0 fully saturated rings. The molecule has 0 atom stereocenters. The first-order valence-corrected chi connectivity index (χ1v) is 9.47. The van der Waals surface area contributed by atoms with Crippen molar-refractivity contribution in [1.82, 2.24) is 5.32 Å². The second-order valence-electron chi connectivity index (χ2n) is 6.33. The Morgan fingerprint density at radius 3 is 2.29 bits per heavy atom. The Kier molecular flexibility index (Phi) is 6.95. The first-order chi connectivity index (χ1) is 11.1. The van der Waals surface area contributed by atoms with Gasteiger partial charge in [0.2, 0.25) is 0 Å². The Morgan fingerprint density at radius 1 is 1.17 bits per heavy atom. The Hall–Kier alpha value is -1.89. The van der Waals surface area contributed by atoms with E-state index in [1.165, 1.54) is 12.1 Å². The lowest BCUT2D eigenvalue weighted by atomic mass is 10.0. The highest BCUT2D eigenvalue weighted by atomic mass is 32.2. The largest absolute Gasteiger partial charge is 0.456 e. The molecule has 1 amide bonds. The molecule has 0 aliphatic heterocycles. The molecule has 1 aromatic carbocycles. The minimum atomic E-state index is -3.54. The molecule has 1 rings (SSSR count). The van der Waals surface area contributed by atoms with Gasteiger partial charge in [-0.05, 0) is 39.3 Å². The molecule has 0 saturated carbocycles. The van der Waals surface area contributed by atoms with Crippen LogP contribution in [0.15, 0.2) is 29.2 Å². The first kappa shape index (κ1) is 20.2. The zero-order valence-electron chi connectivity index (χ0n) is 14.6. The number of amides is 1. The van der Waals surface area contributed by atoms with Gasteiger partial charge in [-0.1, -0.05) is 24.6 Å². The van der Waals surface area contributed by atoms with Gasteiger partial charge in [0.1, 0.15) is 0 Å². The van der Waals surface area contributed by atoms with Gasteiger partial charge in [0.25, 0.3) is 5.91 Å². The Labute approximate surface area is 143 Å². The number of ether oxygens (including phenoxy) is 1. The van der Waals surface area contributed by atoms with Crippen LogP contribution in [-0.4, -0.2) is 38.2 Å². The third-order valence-electron chi connectivity index (χ3n) is 3.68. The van der Waals surface area contributed by atoms with Gasteiger partial charge in [0, 0.05) is 5.54 Å². The molecule has 1 aromatic rings. The smallest absolute Gasteiger partial charge is 0.307 e. The van der Waals surface area contributed by atoms with E-state index in [0.717, 1.165) is 12.0 Å². The number of aryl methyl sites for hydroxylation is 1. The standard InChI is InChI=1S/C17H25NO5S/c1-5-17(3,4)18-15(19)12-23-16(20)10-11-24(21,22)14-8-6-13(2)7-9-14/h6-9H,5,10-12H2,1-4H3,(H,18,19). The Bertz CT molecular complexity index is 677. The third kappa shape index (κ3) is 6.70. The fraction of sp³-hybridized carbons (Fsp3) is 0.529. The molecule has 24 heavy (non-hydrogen) atoms. The Balaban J connectivity index is 2.46. The van der Waals surface area contributed by atoms with Crippen LogP contribution in [-0.2, 0) is 24.2 Å². The molecule has 0 bridgehead atoms. The molecular formula is C17H25NO5S. The number of carbonyl (C=O) groups is 2. The predicted octanol–water partition coefficient (Wildman–Crippen LogP) is 2.01. The lowest BCUT2D eigenvalue weighted by Crippen LogP contribution is -2.44. The molecule has 7 heteroatoms. The second kappa shape index (κ2) is 8.28. The van der Waals surface area contributed by atoms with E-state index in [1.54, 1.807) is 12.1 Å². The van der Waals surface area contributed by atoms with Gasteiger partial charge >= 0.3 is 5.97 Å². The maximum absolute atomic E-state index is 12.1. The van der Waals surface area contributed by atoms with Gasteiger partial charge in [0.05, 0.1) is 17.1 Å². The summed E-state index contributed by atoms with van der Waals surface area (Å²) >= 11 is 0. The minimum absolute atomic E-state index is 0.170. The number of hydrogen-bond acceptors (Lipinski definition) is 5. The zero-order chi connectivity index (χ0) is 18.4. The van der Waals surface area contributed by atoms with Crippen LogP contribution < -0.4 is 5.32 Å². The van der Waals surface area contributed by atoms with E-state index in [-0.39, 0.29) is 22.6 Å². The fourth-order valence-corrected chi connectivity index (χ4v) is 3.02. The van der Waals surface area contributed by atoms with Crippen molar-refractivity contribution >= 4 is 21.7 Å². The average molecular weight is 355 g/mol. The molecule has 0 spiro atoms. The number of hydrogen-bond donors (Lipinski definition) is 1. The van der Waals surface area contributed by atoms with Crippen LogP contribution in [0.4, 0.5) is 0 Å². The topological polar surface area (TPSA) is 89.5 Å². The van der Waals surface area contributed by atoms with Crippen molar-refractivity contribution < 1.29 is 22.7 Å². The van der Waals surface area contributed by atoms with E-state index in [0.29, 0.717) is 0 Å². The average Bonchev–Trinajstić information content (AvgIpc) is 2.51. The molecule has 1 N–H and O–H groups in total. The molecular weight excluding hydrogens is 330 g/mol. The van der Waals surface area contributed by atoms with Gasteiger partial charge < -0.3 is 10.1 Å². The summed E-state index contributed by atoms with van der Waals surface area (Å²) in [5.74, 6) is -1.47. The molecule has 0 heterocycles. The summed E-state index contributed by atoms with van der Waals surface area (Å²) in [6, 6.07) is 6.42. The number of sulfone groups is 1. The summed E-state index contributed by atoms with van der Waals surface area (Å²) in [7, 11) is -3.54. The van der Waals surface area contributed by atoms with E-state index in [1.807, 2.05) is 27.7 Å². The number of nitrogens with one attached hydrogen (secondary N) is 1. The van der Waals surface area contributed by atoms with E-state index in [4.69, 9.17) is 4.74 Å². The monoisotopic (exact) mass is 355 g/mol. The summed E-state index contributed by atoms with van der Waals surface area (Å²) in [5, 5.41) is 2.73. The van der Waals surface area contributed by atoms with Gasteiger partial charge in [-0.3, -0.25) is 9.59 Å². The highest BCUT2D eigenvalue weighted by molar-refractivity contribution is 7.91. The quantitative estimate of drug-likeness (QED) is 0.721. The summed E-state index contributed by atoms with van der Waals surface area (Å²) < 4.78 is 29.1. The number of carbonyl (C=O) groups excluding carboxylic acids is 2. The molecule has 0 unspecified atom stereocenters. The van der Waals surface area contributed by atoms with Crippen molar-refractivity contribution in [3.63, 3.8) is 0 Å². The summed E-state index contributed by atoms with van der Waals surface area (Å²) in [6.07, 6.45) is 0.447. The van der Waals surface area contributed by atoms with Gasteiger partial charge in [-0.25, -0.2) is 8.42 Å². The van der Waals surface area contributed by atoms with Gasteiger partial charge in [-0.2, -0.15) is 0 Å². The lowest BCUT2D eigenvalue weighted by molar-refractivity contribution is -0.148. The van der Waals surface area contributed by atoms with E-state index < -0.39 is 28.3 Å². The number of rotatable bonds is 8.